The number of nitriles is 1. The van der Waals surface area contributed by atoms with E-state index in [1.165, 1.54) is 78.0 Å². The molecule has 10 aromatic rings. The van der Waals surface area contributed by atoms with Crippen LogP contribution in [0.5, 0.6) is 0 Å². The number of piperazine rings is 3. The first-order valence-corrected chi connectivity index (χ1v) is 42.5. The summed E-state index contributed by atoms with van der Waals surface area (Å²) in [7, 11) is -11.9. The molecule has 6 aromatic carbocycles. The number of carbonyl (C=O) groups is 4. The van der Waals surface area contributed by atoms with Crippen LogP contribution in [0.1, 0.15) is 56.2 Å². The fourth-order valence-corrected chi connectivity index (χ4v) is 18.4. The van der Waals surface area contributed by atoms with Gasteiger partial charge in [0.15, 0.2) is 11.5 Å². The topological polar surface area (TPSA) is 317 Å². The van der Waals surface area contributed by atoms with Crippen LogP contribution in [0.15, 0.2) is 197 Å². The summed E-state index contributed by atoms with van der Waals surface area (Å²) in [5.74, 6) is -1.10. The zero-order chi connectivity index (χ0) is 81.5. The van der Waals surface area contributed by atoms with E-state index in [2.05, 4.69) is 50.0 Å². The number of anilines is 8. The lowest BCUT2D eigenvalue weighted by Crippen LogP contribution is -2.55. The number of alkyl halides is 3. The molecule has 4 aromatic heterocycles. The Kier molecular flexibility index (Phi) is 24.6. The molecular weight excluding hydrogens is 1590 g/mol. The first-order valence-electron chi connectivity index (χ1n) is 36.7. The van der Waals surface area contributed by atoms with Gasteiger partial charge < -0.3 is 43.8 Å². The third-order valence-electron chi connectivity index (χ3n) is 20.4. The third kappa shape index (κ3) is 19.1. The molecule has 28 nitrogen and oxygen atoms in total. The van der Waals surface area contributed by atoms with Gasteiger partial charge in [-0.3, -0.25) is 28.6 Å². The minimum atomic E-state index is -4.70. The molecule has 9 heterocycles. The molecule has 5 aliphatic rings. The highest BCUT2D eigenvalue weighted by Gasteiger charge is 2.37. The number of aryl methyl sites for hydroxylation is 3. The number of nitrogens with one attached hydrogen (secondary N) is 3. The highest BCUT2D eigenvalue weighted by atomic mass is 35.5. The highest BCUT2D eigenvalue weighted by molar-refractivity contribution is 7.93. The van der Waals surface area contributed by atoms with Gasteiger partial charge in [0.25, 0.3) is 30.1 Å². The summed E-state index contributed by atoms with van der Waals surface area (Å²) >= 11 is 7.37. The predicted molar refractivity (Wildman–Crippen MR) is 438 cm³/mol. The van der Waals surface area contributed by atoms with Gasteiger partial charge in [-0.2, -0.15) is 26.3 Å². The molecule has 5 aliphatic heterocycles. The summed E-state index contributed by atoms with van der Waals surface area (Å²) in [4.78, 5) is 82.5. The maximum atomic E-state index is 13.7. The van der Waals surface area contributed by atoms with Crippen molar-refractivity contribution in [1.82, 2.24) is 39.2 Å². The number of pyridine rings is 1. The maximum absolute atomic E-state index is 13.7. The lowest BCUT2D eigenvalue weighted by Gasteiger charge is -2.41. The van der Waals surface area contributed by atoms with E-state index in [9.17, 15) is 62.0 Å². The van der Waals surface area contributed by atoms with Crippen LogP contribution >= 0.6 is 22.9 Å². The number of benzene rings is 6. The van der Waals surface area contributed by atoms with Crippen LogP contribution in [0.4, 0.5) is 62.9 Å². The Morgan fingerprint density at radius 2 is 1.18 bits per heavy atom. The van der Waals surface area contributed by atoms with Crippen LogP contribution in [0.25, 0.3) is 10.9 Å². The number of carbonyl (C=O) groups excluding carboxylic acids is 4. The van der Waals surface area contributed by atoms with Gasteiger partial charge in [0.1, 0.15) is 42.5 Å². The van der Waals surface area contributed by atoms with Crippen LogP contribution in [0, 0.1) is 24.2 Å². The van der Waals surface area contributed by atoms with Crippen LogP contribution in [-0.4, -0.2) is 185 Å². The van der Waals surface area contributed by atoms with Crippen molar-refractivity contribution >= 4 is 133 Å². The summed E-state index contributed by atoms with van der Waals surface area (Å²) in [6.45, 7) is 12.8. The smallest absolute Gasteiger partial charge is 0.368 e. The number of hydrogen-bond acceptors (Lipinski definition) is 20. The van der Waals surface area contributed by atoms with Crippen molar-refractivity contribution in [2.45, 2.75) is 85.9 Å². The minimum Gasteiger partial charge on any atom is -0.368 e. The number of aromatic nitrogens is 6. The van der Waals surface area contributed by atoms with Crippen LogP contribution in [0.2, 0.25) is 5.02 Å². The number of amides is 4. The van der Waals surface area contributed by atoms with Crippen LogP contribution in [-0.2, 0) is 74.8 Å². The number of sulfonamides is 3. The molecule has 0 unspecified atom stereocenters. The monoisotopic (exact) mass is 1680 g/mol. The van der Waals surface area contributed by atoms with E-state index >= 15 is 0 Å². The quantitative estimate of drug-likeness (QED) is 0.0531. The Hall–Kier alpha value is -11.5. The summed E-state index contributed by atoms with van der Waals surface area (Å²) in [5.41, 5.74) is 7.21. The van der Waals surface area contributed by atoms with Crippen molar-refractivity contribution in [1.29, 1.82) is 5.26 Å². The molecule has 37 heteroatoms. The fourth-order valence-electron chi connectivity index (χ4n) is 14.4. The fraction of sp³-hybridized carbons (Fsp3) is 0.308. The molecule has 0 bridgehead atoms. The predicted octanol–water partition coefficient (Wildman–Crippen LogP) is 10.9. The van der Waals surface area contributed by atoms with E-state index in [1.807, 2.05) is 87.5 Å². The van der Waals surface area contributed by atoms with Gasteiger partial charge in [-0.1, -0.05) is 29.3 Å². The molecular formula is C78H90ClF4N18O10S4+. The molecule has 610 valence electrons. The van der Waals surface area contributed by atoms with E-state index in [0.29, 0.717) is 76.2 Å². The van der Waals surface area contributed by atoms with Gasteiger partial charge >= 0.3 is 18.3 Å². The molecule has 0 aliphatic carbocycles. The first-order chi connectivity index (χ1) is 55.0. The molecule has 0 saturated carbocycles. The molecule has 4 amide bonds. The van der Waals surface area contributed by atoms with Crippen molar-refractivity contribution < 1.29 is 73.7 Å². The van der Waals surface area contributed by atoms with Gasteiger partial charge in [-0.05, 0) is 208 Å². The maximum Gasteiger partial charge on any atom is 0.433 e. The molecule has 15 rings (SSSR count). The van der Waals surface area contributed by atoms with Crippen molar-refractivity contribution in [3.8, 4) is 6.19 Å². The first kappa shape index (κ1) is 81.5. The summed E-state index contributed by atoms with van der Waals surface area (Å²) in [6, 6.07) is 39.5. The minimum absolute atomic E-state index is 0. The van der Waals surface area contributed by atoms with E-state index in [1.54, 1.807) is 63.8 Å². The average molecular weight is 1680 g/mol. The Bertz CT molecular complexity index is 5670. The number of nitrogens with zero attached hydrogens (tertiary/aromatic N) is 15. The van der Waals surface area contributed by atoms with Gasteiger partial charge in [-0.15, -0.1) is 25.9 Å². The highest BCUT2D eigenvalue weighted by Crippen LogP contribution is 2.35. The normalized spacial score (nSPS) is 15.9. The summed E-state index contributed by atoms with van der Waals surface area (Å²) < 4.78 is 138. The number of hydrogen-bond donors (Lipinski definition) is 3. The van der Waals surface area contributed by atoms with Crippen LogP contribution < -0.4 is 43.2 Å². The zero-order valence-electron chi connectivity index (χ0n) is 62.5. The molecule has 0 spiro atoms. The van der Waals surface area contributed by atoms with E-state index in [-0.39, 0.29) is 81.5 Å². The van der Waals surface area contributed by atoms with Crippen LogP contribution in [0.3, 0.4) is 0 Å². The number of thiazole rings is 1. The van der Waals surface area contributed by atoms with Gasteiger partial charge in [0, 0.05) is 142 Å². The molecule has 0 radical (unpaired) electrons. The number of fused-ring (bicyclic) bond motifs is 3. The number of halogens is 5. The Balaban J connectivity index is 0.000000220. The van der Waals surface area contributed by atoms with Gasteiger partial charge in [0.2, 0.25) is 30.0 Å². The molecule has 115 heavy (non-hydrogen) atoms. The Morgan fingerprint density at radius 1 is 0.635 bits per heavy atom. The lowest BCUT2D eigenvalue weighted by atomic mass is 9.99. The van der Waals surface area contributed by atoms with Crippen molar-refractivity contribution in [3.05, 3.63) is 215 Å². The average Bonchev–Trinajstić information content (AvgIpc) is 0.811. The van der Waals surface area contributed by atoms with E-state index in [4.69, 9.17) is 16.9 Å². The van der Waals surface area contributed by atoms with E-state index in [0.717, 1.165) is 113 Å². The zero-order valence-corrected chi connectivity index (χ0v) is 66.5. The molecule has 3 N–H and O–H groups in total. The molecule has 3 fully saturated rings. The Morgan fingerprint density at radius 3 is 1.74 bits per heavy atom. The second-order valence-electron chi connectivity index (χ2n) is 27.8. The van der Waals surface area contributed by atoms with Crippen molar-refractivity contribution in [2.24, 2.45) is 0 Å². The number of rotatable bonds is 18. The lowest BCUT2D eigenvalue weighted by molar-refractivity contribution is -0.577. The summed E-state index contributed by atoms with van der Waals surface area (Å²) in [6.07, 6.45) is 6.39. The largest absolute Gasteiger partial charge is 0.433 e. The SMILES string of the molecule is C[C@H](C(=O)N1CCN(c2ccc(S(=O)(=O)Nc3cccc(C(F)(F)F)n3)cc2)CC1)N1CCCc2cc(F)ccc21.C[C@H](C(=O)N1CCN(c2ccc(S(=O)(=O)Nc3ncnc[n+]3C#N)cc2)CC1)N1CCCc2cc(Cl)ccc21.Cc1ccc2c(ccn2CC(=O)N2CCN(c3ccc(S(=O)(=O)Nc4nccs4)cc3)C(=O)C2)c1.[HH].[HH].[HH].[HH].[HH]. The summed E-state index contributed by atoms with van der Waals surface area (Å²) in [5, 5.41) is 12.9. The second kappa shape index (κ2) is 34.7. The van der Waals surface area contributed by atoms with Gasteiger partial charge in [0.05, 0.1) is 14.7 Å². The molecule has 3 saturated heterocycles. The van der Waals surface area contributed by atoms with Gasteiger partial charge in [-0.25, -0.2) is 31.2 Å². The third-order valence-corrected chi connectivity index (χ3v) is 25.6. The Labute approximate surface area is 678 Å². The molecule has 2 atom stereocenters. The standard InChI is InChI=1S/C28H29F4N5O3S.C26H27ClN8O3S.C24H23N5O4S2.5H2/c1-19(37-13-3-4-20-18-21(29)7-12-24(20)37)27(38)36-16-14-35(15-17-36)22-8-10-23(11-9-22)41(39,40)34-26-6-2-5-25(33-26)28(30,31)32;1-19(35-10-2-3-20-15-21(27)4-9-24(20)35)25(36)33-13-11-32(12-14-33)22-5-7-23(8-6-22)39(37,38)31-26-30-17-29-18-34(26)16-28;1-17-2-7-21-18(14-17)8-10-27(21)15-22(30)28-11-12-29(23(31)16-28)19-3-5-20(6-4-19)35(32,33)26-24-25-9-13-34-24;;;;;/h2,5-12,18-19H,3-4,13-17H2,1H3,(H,33,34);4-9,15,17-19H,2-3,10-14H2,1H3;2-10,13-14H,11-12,15-16H2,1H3,(H,25,26);5*1H/p+1/t2*19-;;;;;;/m11....../s1. The second-order valence-corrected chi connectivity index (χ2v) is 34.2. The van der Waals surface area contributed by atoms with Crippen molar-refractivity contribution in [2.75, 3.05) is 124 Å². The van der Waals surface area contributed by atoms with E-state index < -0.39 is 53.8 Å². The van der Waals surface area contributed by atoms with Crippen molar-refractivity contribution in [3.63, 3.8) is 0 Å².